The number of amides is 1. The van der Waals surface area contributed by atoms with Gasteiger partial charge >= 0.3 is 0 Å². The molecule has 0 aliphatic heterocycles. The molecule has 19 heavy (non-hydrogen) atoms. The van der Waals surface area contributed by atoms with Crippen LogP contribution in [0.1, 0.15) is 6.92 Å². The van der Waals surface area contributed by atoms with Gasteiger partial charge in [0.2, 0.25) is 15.9 Å². The summed E-state index contributed by atoms with van der Waals surface area (Å²) in [7, 11) is -0.819. The molecule has 0 aliphatic rings. The molecule has 0 radical (unpaired) electrons. The Hall–Kier alpha value is -1.37. The van der Waals surface area contributed by atoms with E-state index >= 15 is 0 Å². The van der Waals surface area contributed by atoms with Crippen molar-refractivity contribution in [3.05, 3.63) is 35.4 Å². The Balaban J connectivity index is 3.19. The number of sulfonamides is 1. The summed E-state index contributed by atoms with van der Waals surface area (Å²) in [5.41, 5.74) is 0.368. The van der Waals surface area contributed by atoms with Crippen molar-refractivity contribution >= 4 is 33.2 Å². The van der Waals surface area contributed by atoms with Gasteiger partial charge in [-0.05, 0) is 31.2 Å². The maximum atomic E-state index is 12.0. The first-order valence-corrected chi connectivity index (χ1v) is 7.26. The number of carbonyl (C=O) groups excluding carboxylic acids is 1. The Morgan fingerprint density at radius 2 is 2.00 bits per heavy atom. The minimum Gasteiger partial charge on any atom is -0.322 e. The number of allylic oxidation sites excluding steroid dienone is 1. The fourth-order valence-electron chi connectivity index (χ4n) is 1.31. The van der Waals surface area contributed by atoms with Crippen molar-refractivity contribution in [2.24, 2.45) is 0 Å². The van der Waals surface area contributed by atoms with Gasteiger partial charge in [-0.3, -0.25) is 4.79 Å². The summed E-state index contributed by atoms with van der Waals surface area (Å²) in [6.45, 7) is 1.71. The zero-order valence-corrected chi connectivity index (χ0v) is 12.4. The molecule has 0 aliphatic carbocycles. The van der Waals surface area contributed by atoms with Crippen molar-refractivity contribution < 1.29 is 13.2 Å². The van der Waals surface area contributed by atoms with E-state index in [1.807, 2.05) is 0 Å². The van der Waals surface area contributed by atoms with E-state index in [0.29, 0.717) is 5.69 Å². The topological polar surface area (TPSA) is 66.5 Å². The average molecular weight is 303 g/mol. The smallest absolute Gasteiger partial charge is 0.248 e. The van der Waals surface area contributed by atoms with Gasteiger partial charge in [0.25, 0.3) is 0 Å². The molecule has 0 fully saturated rings. The van der Waals surface area contributed by atoms with Crippen LogP contribution in [-0.4, -0.2) is 32.7 Å². The lowest BCUT2D eigenvalue weighted by molar-refractivity contribution is -0.111. The Kier molecular flexibility index (Phi) is 5.11. The Morgan fingerprint density at radius 3 is 2.53 bits per heavy atom. The normalized spacial score (nSPS) is 12.1. The molecule has 5 nitrogen and oxygen atoms in total. The van der Waals surface area contributed by atoms with E-state index in [4.69, 9.17) is 11.6 Å². The third kappa shape index (κ3) is 3.79. The third-order valence-corrected chi connectivity index (χ3v) is 4.57. The van der Waals surface area contributed by atoms with Gasteiger partial charge in [-0.1, -0.05) is 17.7 Å². The van der Waals surface area contributed by atoms with E-state index in [2.05, 4.69) is 5.32 Å². The second-order valence-electron chi connectivity index (χ2n) is 3.92. The van der Waals surface area contributed by atoms with E-state index in [0.717, 1.165) is 4.31 Å². The Morgan fingerprint density at radius 1 is 1.37 bits per heavy atom. The van der Waals surface area contributed by atoms with Gasteiger partial charge in [0.1, 0.15) is 4.90 Å². The summed E-state index contributed by atoms with van der Waals surface area (Å²) in [6.07, 6.45) is 2.93. The fourth-order valence-corrected chi connectivity index (χ4v) is 2.70. The van der Waals surface area contributed by atoms with Gasteiger partial charge in [0.15, 0.2) is 0 Å². The SMILES string of the molecule is CC=CC(=O)Nc1ccc(Cl)c(S(=O)(=O)N(C)C)c1. The molecule has 0 saturated carbocycles. The highest BCUT2D eigenvalue weighted by Gasteiger charge is 2.21. The van der Waals surface area contributed by atoms with Crippen molar-refractivity contribution in [3.63, 3.8) is 0 Å². The molecule has 0 saturated heterocycles. The van der Waals surface area contributed by atoms with Gasteiger partial charge in [0, 0.05) is 19.8 Å². The van der Waals surface area contributed by atoms with Gasteiger partial charge in [-0.2, -0.15) is 0 Å². The average Bonchev–Trinajstić information content (AvgIpc) is 2.31. The molecule has 0 aromatic heterocycles. The maximum absolute atomic E-state index is 12.0. The van der Waals surface area contributed by atoms with Crippen molar-refractivity contribution in [1.82, 2.24) is 4.31 Å². The number of nitrogens with zero attached hydrogens (tertiary/aromatic N) is 1. The van der Waals surface area contributed by atoms with Crippen LogP contribution < -0.4 is 5.32 Å². The minimum atomic E-state index is -3.65. The third-order valence-electron chi connectivity index (χ3n) is 2.28. The molecule has 1 amide bonds. The highest BCUT2D eigenvalue weighted by atomic mass is 35.5. The number of carbonyl (C=O) groups is 1. The molecule has 0 unspecified atom stereocenters. The highest BCUT2D eigenvalue weighted by Crippen LogP contribution is 2.26. The highest BCUT2D eigenvalue weighted by molar-refractivity contribution is 7.89. The van der Waals surface area contributed by atoms with Crippen LogP contribution in [-0.2, 0) is 14.8 Å². The number of halogens is 1. The van der Waals surface area contributed by atoms with E-state index in [1.165, 1.54) is 32.3 Å². The van der Waals surface area contributed by atoms with Crippen LogP contribution in [0, 0.1) is 0 Å². The number of hydrogen-bond acceptors (Lipinski definition) is 3. The molecular weight excluding hydrogens is 288 g/mol. The molecule has 104 valence electrons. The van der Waals surface area contributed by atoms with E-state index in [-0.39, 0.29) is 15.8 Å². The number of benzene rings is 1. The molecule has 1 rings (SSSR count). The molecular formula is C12H15ClN2O3S. The van der Waals surface area contributed by atoms with Crippen LogP contribution in [0.3, 0.4) is 0 Å². The first-order valence-electron chi connectivity index (χ1n) is 5.44. The summed E-state index contributed by atoms with van der Waals surface area (Å²) in [5.74, 6) is -0.335. The lowest BCUT2D eigenvalue weighted by Crippen LogP contribution is -2.22. The van der Waals surface area contributed by atoms with Crippen LogP contribution in [0.5, 0.6) is 0 Å². The summed E-state index contributed by atoms with van der Waals surface area (Å²) >= 11 is 5.89. The van der Waals surface area contributed by atoms with E-state index in [9.17, 15) is 13.2 Å². The van der Waals surface area contributed by atoms with Crippen LogP contribution in [0.4, 0.5) is 5.69 Å². The van der Waals surface area contributed by atoms with Crippen molar-refractivity contribution in [2.45, 2.75) is 11.8 Å². The maximum Gasteiger partial charge on any atom is 0.248 e. The molecule has 0 bridgehead atoms. The number of hydrogen-bond donors (Lipinski definition) is 1. The molecule has 1 aromatic carbocycles. The molecule has 1 aromatic rings. The molecule has 0 heterocycles. The first-order chi connectivity index (χ1) is 8.78. The van der Waals surface area contributed by atoms with Crippen molar-refractivity contribution in [1.29, 1.82) is 0 Å². The summed E-state index contributed by atoms with van der Waals surface area (Å²) < 4.78 is 25.1. The molecule has 1 N–H and O–H groups in total. The van der Waals surface area contributed by atoms with Gasteiger partial charge in [-0.15, -0.1) is 0 Å². The van der Waals surface area contributed by atoms with Crippen molar-refractivity contribution in [3.8, 4) is 0 Å². The zero-order chi connectivity index (χ0) is 14.6. The first kappa shape index (κ1) is 15.7. The largest absolute Gasteiger partial charge is 0.322 e. The van der Waals surface area contributed by atoms with Crippen LogP contribution >= 0.6 is 11.6 Å². The van der Waals surface area contributed by atoms with E-state index < -0.39 is 10.0 Å². The monoisotopic (exact) mass is 302 g/mol. The summed E-state index contributed by atoms with van der Waals surface area (Å²) in [4.78, 5) is 11.4. The molecule has 0 spiro atoms. The number of nitrogens with one attached hydrogen (secondary N) is 1. The second kappa shape index (κ2) is 6.18. The summed E-state index contributed by atoms with van der Waals surface area (Å²) in [6, 6.07) is 4.31. The van der Waals surface area contributed by atoms with Crippen molar-refractivity contribution in [2.75, 3.05) is 19.4 Å². The predicted molar refractivity (Wildman–Crippen MR) is 75.8 cm³/mol. The van der Waals surface area contributed by atoms with Crippen LogP contribution in [0.15, 0.2) is 35.2 Å². The summed E-state index contributed by atoms with van der Waals surface area (Å²) in [5, 5.41) is 2.66. The Bertz CT molecular complexity index is 609. The minimum absolute atomic E-state index is 0.0440. The van der Waals surface area contributed by atoms with Gasteiger partial charge in [-0.25, -0.2) is 12.7 Å². The van der Waals surface area contributed by atoms with Gasteiger partial charge in [0.05, 0.1) is 5.02 Å². The number of anilines is 1. The predicted octanol–water partition coefficient (Wildman–Crippen LogP) is 2.10. The fraction of sp³-hybridized carbons (Fsp3) is 0.250. The lowest BCUT2D eigenvalue weighted by atomic mass is 10.3. The van der Waals surface area contributed by atoms with Crippen LogP contribution in [0.25, 0.3) is 0 Å². The van der Waals surface area contributed by atoms with Crippen LogP contribution in [0.2, 0.25) is 5.02 Å². The quantitative estimate of drug-likeness (QED) is 0.866. The Labute approximate surface area is 117 Å². The second-order valence-corrected chi connectivity index (χ2v) is 6.45. The molecule has 0 atom stereocenters. The standard InChI is InChI=1S/C12H15ClN2O3S/c1-4-5-12(16)14-9-6-7-10(13)11(8-9)19(17,18)15(2)3/h4-8H,1-3H3,(H,14,16). The zero-order valence-electron chi connectivity index (χ0n) is 10.8. The number of rotatable bonds is 4. The van der Waals surface area contributed by atoms with E-state index in [1.54, 1.807) is 19.1 Å². The molecule has 7 heteroatoms. The lowest BCUT2D eigenvalue weighted by Gasteiger charge is -2.14. The van der Waals surface area contributed by atoms with Gasteiger partial charge < -0.3 is 5.32 Å².